The van der Waals surface area contributed by atoms with Crippen molar-refractivity contribution in [1.29, 1.82) is 0 Å². The van der Waals surface area contributed by atoms with Crippen LogP contribution < -0.4 is 10.1 Å². The molecule has 7 nitrogen and oxygen atoms in total. The van der Waals surface area contributed by atoms with Crippen LogP contribution in [-0.2, 0) is 13.0 Å². The van der Waals surface area contributed by atoms with Gasteiger partial charge in [-0.25, -0.2) is 4.79 Å². The van der Waals surface area contributed by atoms with E-state index in [9.17, 15) is 4.79 Å². The van der Waals surface area contributed by atoms with Crippen molar-refractivity contribution in [1.82, 2.24) is 25.0 Å². The van der Waals surface area contributed by atoms with Crippen LogP contribution in [0.15, 0.2) is 30.6 Å². The summed E-state index contributed by atoms with van der Waals surface area (Å²) in [4.78, 5) is 14.1. The van der Waals surface area contributed by atoms with Gasteiger partial charge in [-0.15, -0.1) is 10.2 Å². The average Bonchev–Trinajstić information content (AvgIpc) is 3.06. The first-order chi connectivity index (χ1) is 12.1. The highest BCUT2D eigenvalue weighted by molar-refractivity contribution is 5.75. The molecule has 1 aliphatic rings. The molecule has 0 unspecified atom stereocenters. The Balaban J connectivity index is 1.50. The van der Waals surface area contributed by atoms with E-state index >= 15 is 0 Å². The fourth-order valence-electron chi connectivity index (χ4n) is 2.95. The van der Waals surface area contributed by atoms with Crippen LogP contribution in [0.3, 0.4) is 0 Å². The Morgan fingerprint density at radius 1 is 1.36 bits per heavy atom. The summed E-state index contributed by atoms with van der Waals surface area (Å²) >= 11 is 0. The first-order valence-electron chi connectivity index (χ1n) is 8.80. The zero-order valence-electron chi connectivity index (χ0n) is 15.0. The van der Waals surface area contributed by atoms with Gasteiger partial charge in [0.05, 0.1) is 19.1 Å². The molecule has 0 radical (unpaired) electrons. The van der Waals surface area contributed by atoms with Crippen LogP contribution in [0.1, 0.15) is 38.2 Å². The molecule has 0 aliphatic carbocycles. The molecule has 1 fully saturated rings. The number of nitrogens with one attached hydrogen (secondary N) is 1. The number of carbonyl (C=O) groups excluding carboxylic acids is 1. The Hall–Kier alpha value is -2.57. The lowest BCUT2D eigenvalue weighted by atomic mass is 10.1. The first-order valence-corrected chi connectivity index (χ1v) is 8.80. The normalized spacial score (nSPS) is 15.6. The van der Waals surface area contributed by atoms with Crippen LogP contribution in [0.5, 0.6) is 5.75 Å². The standard InChI is InChI=1S/C18H25N5O2/c1-4-14-8-6-7-9-16(14)25-15-10-23(11-15)18(24)20-13(3)17-21-19-12-22(17)5-2/h6-9,12-13,15H,4-5,10-11H2,1-3H3,(H,20,24)/t13-/m0/s1. The SMILES string of the molecule is CCc1ccccc1OC1CN(C(=O)N[C@@H](C)c2nncn2CC)C1. The van der Waals surface area contributed by atoms with Crippen LogP contribution in [0.25, 0.3) is 0 Å². The topological polar surface area (TPSA) is 72.3 Å². The van der Waals surface area contributed by atoms with Gasteiger partial charge < -0.3 is 19.5 Å². The zero-order valence-corrected chi connectivity index (χ0v) is 15.0. The number of urea groups is 1. The van der Waals surface area contributed by atoms with E-state index in [0.29, 0.717) is 13.1 Å². The van der Waals surface area contributed by atoms with E-state index in [2.05, 4.69) is 28.5 Å². The van der Waals surface area contributed by atoms with Crippen LogP contribution in [0.4, 0.5) is 4.79 Å². The summed E-state index contributed by atoms with van der Waals surface area (Å²) in [6.07, 6.45) is 2.66. The minimum atomic E-state index is -0.185. The largest absolute Gasteiger partial charge is 0.486 e. The van der Waals surface area contributed by atoms with Gasteiger partial charge in [-0.2, -0.15) is 0 Å². The van der Waals surface area contributed by atoms with Crippen molar-refractivity contribution >= 4 is 6.03 Å². The Morgan fingerprint density at radius 3 is 2.84 bits per heavy atom. The van der Waals surface area contributed by atoms with Gasteiger partial charge in [0.2, 0.25) is 0 Å². The third-order valence-electron chi connectivity index (χ3n) is 4.50. The Bertz CT molecular complexity index is 724. The van der Waals surface area contributed by atoms with E-state index in [4.69, 9.17) is 4.74 Å². The summed E-state index contributed by atoms with van der Waals surface area (Å²) in [7, 11) is 0. The van der Waals surface area contributed by atoms with Gasteiger partial charge in [-0.3, -0.25) is 0 Å². The highest BCUT2D eigenvalue weighted by Crippen LogP contribution is 2.23. The number of para-hydroxylation sites is 1. The molecule has 2 heterocycles. The van der Waals surface area contributed by atoms with Gasteiger partial charge in [0.1, 0.15) is 18.2 Å². The minimum absolute atomic E-state index is 0.0491. The number of hydrogen-bond donors (Lipinski definition) is 1. The smallest absolute Gasteiger partial charge is 0.318 e. The molecule has 1 N–H and O–H groups in total. The predicted molar refractivity (Wildman–Crippen MR) is 94.5 cm³/mol. The van der Waals surface area contributed by atoms with Crippen LogP contribution in [-0.4, -0.2) is 44.9 Å². The van der Waals surface area contributed by atoms with E-state index in [0.717, 1.165) is 24.5 Å². The highest BCUT2D eigenvalue weighted by Gasteiger charge is 2.33. The maximum atomic E-state index is 12.4. The number of aromatic nitrogens is 3. The van der Waals surface area contributed by atoms with E-state index in [1.165, 1.54) is 5.56 Å². The van der Waals surface area contributed by atoms with Gasteiger partial charge in [-0.05, 0) is 31.9 Å². The lowest BCUT2D eigenvalue weighted by molar-refractivity contribution is 0.0429. The molecule has 0 bridgehead atoms. The summed E-state index contributed by atoms with van der Waals surface area (Å²) in [6, 6.07) is 7.77. The van der Waals surface area contributed by atoms with Gasteiger partial charge in [0, 0.05) is 6.54 Å². The van der Waals surface area contributed by atoms with Crippen LogP contribution in [0, 0.1) is 0 Å². The maximum absolute atomic E-state index is 12.4. The molecule has 2 aromatic rings. The van der Waals surface area contributed by atoms with E-state index in [-0.39, 0.29) is 18.2 Å². The number of nitrogens with zero attached hydrogens (tertiary/aromatic N) is 4. The van der Waals surface area contributed by atoms with Crippen LogP contribution in [0.2, 0.25) is 0 Å². The number of hydrogen-bond acceptors (Lipinski definition) is 4. The monoisotopic (exact) mass is 343 g/mol. The van der Waals surface area contributed by atoms with Gasteiger partial charge in [0.25, 0.3) is 0 Å². The van der Waals surface area contributed by atoms with Gasteiger partial charge >= 0.3 is 6.03 Å². The van der Waals surface area contributed by atoms with Crippen molar-refractivity contribution in [2.75, 3.05) is 13.1 Å². The van der Waals surface area contributed by atoms with Crippen molar-refractivity contribution in [2.45, 2.75) is 45.9 Å². The van der Waals surface area contributed by atoms with Crippen molar-refractivity contribution in [3.8, 4) is 5.75 Å². The lowest BCUT2D eigenvalue weighted by Crippen LogP contribution is -2.59. The summed E-state index contributed by atoms with van der Waals surface area (Å²) < 4.78 is 7.94. The maximum Gasteiger partial charge on any atom is 0.318 e. The Morgan fingerprint density at radius 2 is 2.12 bits per heavy atom. The number of benzene rings is 1. The molecular formula is C18H25N5O2. The van der Waals surface area contributed by atoms with Crippen molar-refractivity contribution in [3.63, 3.8) is 0 Å². The molecule has 0 spiro atoms. The number of carbonyl (C=O) groups is 1. The molecule has 1 aliphatic heterocycles. The molecule has 3 rings (SSSR count). The van der Waals surface area contributed by atoms with Gasteiger partial charge in [-0.1, -0.05) is 25.1 Å². The second-order valence-electron chi connectivity index (χ2n) is 6.25. The molecule has 1 atom stereocenters. The number of rotatable bonds is 6. The third-order valence-corrected chi connectivity index (χ3v) is 4.50. The molecule has 25 heavy (non-hydrogen) atoms. The molecule has 1 saturated heterocycles. The van der Waals surface area contributed by atoms with Crippen molar-refractivity contribution in [3.05, 3.63) is 42.0 Å². The van der Waals surface area contributed by atoms with Crippen LogP contribution >= 0.6 is 0 Å². The van der Waals surface area contributed by atoms with Crippen molar-refractivity contribution in [2.24, 2.45) is 0 Å². The summed E-state index contributed by atoms with van der Waals surface area (Å²) in [6.45, 7) is 8.01. The predicted octanol–water partition coefficient (Wildman–Crippen LogP) is 2.39. The van der Waals surface area contributed by atoms with E-state index in [1.807, 2.05) is 36.6 Å². The molecule has 134 valence electrons. The fourth-order valence-corrected chi connectivity index (χ4v) is 2.95. The molecule has 1 aromatic heterocycles. The average molecular weight is 343 g/mol. The summed E-state index contributed by atoms with van der Waals surface area (Å²) in [5.41, 5.74) is 1.19. The summed E-state index contributed by atoms with van der Waals surface area (Å²) in [5.74, 6) is 1.68. The molecule has 7 heteroatoms. The number of likely N-dealkylation sites (tertiary alicyclic amines) is 1. The highest BCUT2D eigenvalue weighted by atomic mass is 16.5. The Kier molecular flexibility index (Phi) is 5.21. The Labute approximate surface area is 148 Å². The summed E-state index contributed by atoms with van der Waals surface area (Å²) in [5, 5.41) is 11.0. The zero-order chi connectivity index (χ0) is 17.8. The van der Waals surface area contributed by atoms with Gasteiger partial charge in [0.15, 0.2) is 5.82 Å². The fraction of sp³-hybridized carbons (Fsp3) is 0.500. The third kappa shape index (κ3) is 3.75. The van der Waals surface area contributed by atoms with E-state index < -0.39 is 0 Å². The number of amides is 2. The molecular weight excluding hydrogens is 318 g/mol. The molecule has 2 amide bonds. The number of aryl methyl sites for hydroxylation is 2. The lowest BCUT2D eigenvalue weighted by Gasteiger charge is -2.39. The number of ether oxygens (including phenoxy) is 1. The minimum Gasteiger partial charge on any atom is -0.486 e. The second-order valence-corrected chi connectivity index (χ2v) is 6.25. The van der Waals surface area contributed by atoms with E-state index in [1.54, 1.807) is 11.2 Å². The van der Waals surface area contributed by atoms with Crippen molar-refractivity contribution < 1.29 is 9.53 Å². The molecule has 1 aromatic carbocycles. The molecule has 0 saturated carbocycles. The quantitative estimate of drug-likeness (QED) is 0.874. The second kappa shape index (κ2) is 7.55. The first kappa shape index (κ1) is 17.3.